The maximum atomic E-state index is 13.1. The van der Waals surface area contributed by atoms with Crippen LogP contribution < -0.4 is 5.56 Å². The van der Waals surface area contributed by atoms with Crippen LogP contribution in [0.2, 0.25) is 0 Å². The van der Waals surface area contributed by atoms with Gasteiger partial charge in [0.2, 0.25) is 5.91 Å². The Balaban J connectivity index is 1.38. The van der Waals surface area contributed by atoms with Crippen molar-refractivity contribution in [2.45, 2.75) is 18.3 Å². The Labute approximate surface area is 204 Å². The number of nitrogens with zero attached hydrogens (tertiary/aromatic N) is 5. The first-order valence-electron chi connectivity index (χ1n) is 10.9. The largest absolute Gasteiger partial charge is 0.467 e. The molecule has 0 unspecified atom stereocenters. The minimum atomic E-state index is -0.201. The molecule has 0 atom stereocenters. The van der Waals surface area contributed by atoms with E-state index in [-0.39, 0.29) is 28.3 Å². The van der Waals surface area contributed by atoms with Crippen LogP contribution in [0.5, 0.6) is 0 Å². The average Bonchev–Trinajstić information content (AvgIpc) is 3.57. The second-order valence-corrected chi connectivity index (χ2v) is 8.76. The summed E-state index contributed by atoms with van der Waals surface area (Å²) in [7, 11) is 1.71. The zero-order valence-electron chi connectivity index (χ0n) is 18.8. The molecule has 35 heavy (non-hydrogen) atoms. The highest BCUT2D eigenvalue weighted by Gasteiger charge is 2.19. The van der Waals surface area contributed by atoms with Gasteiger partial charge in [0, 0.05) is 12.4 Å². The molecule has 0 saturated carbocycles. The highest BCUT2D eigenvalue weighted by molar-refractivity contribution is 7.99. The van der Waals surface area contributed by atoms with Gasteiger partial charge in [0.25, 0.3) is 16.7 Å². The molecule has 176 valence electrons. The minimum absolute atomic E-state index is 0.105. The lowest BCUT2D eigenvalue weighted by atomic mass is 10.1. The molecule has 0 radical (unpaired) electrons. The predicted octanol–water partition coefficient (Wildman–Crippen LogP) is 3.84. The molecule has 5 rings (SSSR count). The third kappa shape index (κ3) is 5.02. The van der Waals surface area contributed by atoms with Crippen molar-refractivity contribution < 1.29 is 13.6 Å². The minimum Gasteiger partial charge on any atom is -0.467 e. The molecule has 0 aliphatic heterocycles. The average molecular weight is 488 g/mol. The Morgan fingerprint density at radius 3 is 2.54 bits per heavy atom. The van der Waals surface area contributed by atoms with Gasteiger partial charge >= 0.3 is 0 Å². The van der Waals surface area contributed by atoms with Crippen LogP contribution in [-0.2, 0) is 17.9 Å². The van der Waals surface area contributed by atoms with Gasteiger partial charge in [0.15, 0.2) is 5.69 Å². The van der Waals surface area contributed by atoms with Crippen LogP contribution in [-0.4, -0.2) is 43.6 Å². The molecule has 1 amide bonds. The number of carbonyl (C=O) groups is 1. The van der Waals surface area contributed by atoms with Crippen molar-refractivity contribution in [3.63, 3.8) is 0 Å². The monoisotopic (exact) mass is 487 g/mol. The summed E-state index contributed by atoms with van der Waals surface area (Å²) in [6.45, 7) is 0.685. The Bertz CT molecular complexity index is 1510. The van der Waals surface area contributed by atoms with E-state index in [1.165, 1.54) is 4.68 Å². The van der Waals surface area contributed by atoms with Gasteiger partial charge in [-0.25, -0.2) is 4.68 Å². The summed E-state index contributed by atoms with van der Waals surface area (Å²) in [5, 5.41) is 14.1. The molecule has 3 aromatic heterocycles. The molecule has 0 N–H and O–H groups in total. The summed E-state index contributed by atoms with van der Waals surface area (Å²) in [6, 6.07) is 20.4. The van der Waals surface area contributed by atoms with Gasteiger partial charge in [-0.1, -0.05) is 60.3 Å². The van der Waals surface area contributed by atoms with Gasteiger partial charge in [-0.2, -0.15) is 5.10 Å². The zero-order chi connectivity index (χ0) is 24.2. The van der Waals surface area contributed by atoms with E-state index >= 15 is 0 Å². The first kappa shape index (κ1) is 22.6. The van der Waals surface area contributed by atoms with E-state index < -0.39 is 0 Å². The fourth-order valence-corrected chi connectivity index (χ4v) is 4.28. The summed E-state index contributed by atoms with van der Waals surface area (Å²) in [4.78, 5) is 27.1. The summed E-state index contributed by atoms with van der Waals surface area (Å²) in [5.74, 6) is 0.906. The molecule has 0 aliphatic carbocycles. The molecule has 0 saturated heterocycles. The lowest BCUT2D eigenvalue weighted by Gasteiger charge is -2.14. The second kappa shape index (κ2) is 9.98. The summed E-state index contributed by atoms with van der Waals surface area (Å²) >= 11 is 1.14. The molecule has 0 bridgehead atoms. The van der Waals surface area contributed by atoms with Crippen LogP contribution in [0.15, 0.2) is 91.8 Å². The summed E-state index contributed by atoms with van der Waals surface area (Å²) in [5.41, 5.74) is 1.16. The summed E-state index contributed by atoms with van der Waals surface area (Å²) in [6.07, 6.45) is 1.57. The van der Waals surface area contributed by atoms with E-state index in [2.05, 4.69) is 15.3 Å². The van der Waals surface area contributed by atoms with Crippen molar-refractivity contribution in [2.75, 3.05) is 12.8 Å². The quantitative estimate of drug-likeness (QED) is 0.304. The van der Waals surface area contributed by atoms with E-state index in [4.69, 9.17) is 8.83 Å². The third-order valence-electron chi connectivity index (χ3n) is 5.37. The van der Waals surface area contributed by atoms with Crippen molar-refractivity contribution in [1.82, 2.24) is 24.9 Å². The molecule has 5 aromatic rings. The first-order chi connectivity index (χ1) is 17.1. The number of rotatable bonds is 8. The van der Waals surface area contributed by atoms with Crippen molar-refractivity contribution in [3.05, 3.63) is 94.7 Å². The van der Waals surface area contributed by atoms with Gasteiger partial charge in [0.05, 0.1) is 30.5 Å². The molecule has 9 nitrogen and oxygen atoms in total. The van der Waals surface area contributed by atoms with Gasteiger partial charge in [-0.05, 0) is 23.8 Å². The van der Waals surface area contributed by atoms with Crippen molar-refractivity contribution in [3.8, 4) is 11.6 Å². The normalized spacial score (nSPS) is 11.1. The lowest BCUT2D eigenvalue weighted by Crippen LogP contribution is -2.27. The van der Waals surface area contributed by atoms with E-state index in [0.717, 1.165) is 17.3 Å². The predicted molar refractivity (Wildman–Crippen MR) is 131 cm³/mol. The zero-order valence-corrected chi connectivity index (χ0v) is 19.6. The molecular formula is C25H21N5O4S. The SMILES string of the molecule is CN(Cc1ccco1)C(=O)CSc1nnc(-c2nn(Cc3ccccc3)c(=O)c3ccccc23)o1. The molecule has 0 aliphatic rings. The van der Waals surface area contributed by atoms with Gasteiger partial charge in [-0.3, -0.25) is 9.59 Å². The third-order valence-corrected chi connectivity index (χ3v) is 6.17. The number of benzene rings is 2. The van der Waals surface area contributed by atoms with E-state index in [9.17, 15) is 9.59 Å². The molecule has 10 heteroatoms. The molecule has 0 fully saturated rings. The van der Waals surface area contributed by atoms with E-state index in [1.54, 1.807) is 42.5 Å². The number of hydrogen-bond acceptors (Lipinski definition) is 8. The number of thioether (sulfide) groups is 1. The van der Waals surface area contributed by atoms with Crippen molar-refractivity contribution in [1.29, 1.82) is 0 Å². The van der Waals surface area contributed by atoms with Crippen molar-refractivity contribution >= 4 is 28.4 Å². The van der Waals surface area contributed by atoms with Crippen LogP contribution in [0.4, 0.5) is 0 Å². The Morgan fingerprint density at radius 1 is 1.00 bits per heavy atom. The molecule has 0 spiro atoms. The standard InChI is InChI=1S/C25H21N5O4S/c1-29(15-18-10-7-13-33-18)21(31)16-35-25-27-26-23(34-25)22-19-11-5-6-12-20(19)24(32)30(28-22)14-17-8-3-2-4-9-17/h2-13H,14-16H2,1H3. The smallest absolute Gasteiger partial charge is 0.277 e. The van der Waals surface area contributed by atoms with Gasteiger partial charge < -0.3 is 13.7 Å². The highest BCUT2D eigenvalue weighted by Crippen LogP contribution is 2.27. The number of hydrogen-bond donors (Lipinski definition) is 0. The number of fused-ring (bicyclic) bond motifs is 1. The fraction of sp³-hybridized carbons (Fsp3) is 0.160. The maximum absolute atomic E-state index is 13.1. The maximum Gasteiger partial charge on any atom is 0.277 e. The first-order valence-corrected chi connectivity index (χ1v) is 11.8. The van der Waals surface area contributed by atoms with Crippen LogP contribution in [0, 0.1) is 0 Å². The number of aromatic nitrogens is 4. The summed E-state index contributed by atoms with van der Waals surface area (Å²) < 4.78 is 12.5. The van der Waals surface area contributed by atoms with Gasteiger partial charge in [0.1, 0.15) is 5.76 Å². The van der Waals surface area contributed by atoms with Crippen molar-refractivity contribution in [2.24, 2.45) is 0 Å². The highest BCUT2D eigenvalue weighted by atomic mass is 32.2. The van der Waals surface area contributed by atoms with Crippen LogP contribution >= 0.6 is 11.8 Å². The van der Waals surface area contributed by atoms with Crippen LogP contribution in [0.25, 0.3) is 22.4 Å². The van der Waals surface area contributed by atoms with Gasteiger partial charge in [-0.15, -0.1) is 10.2 Å². The number of carbonyl (C=O) groups excluding carboxylic acids is 1. The molecule has 2 aromatic carbocycles. The Hall–Kier alpha value is -4.18. The fourth-order valence-electron chi connectivity index (χ4n) is 3.58. The van der Waals surface area contributed by atoms with E-state index in [1.807, 2.05) is 42.5 Å². The van der Waals surface area contributed by atoms with Crippen LogP contribution in [0.3, 0.4) is 0 Å². The topological polar surface area (TPSA) is 107 Å². The van der Waals surface area contributed by atoms with E-state index in [0.29, 0.717) is 35.3 Å². The lowest BCUT2D eigenvalue weighted by molar-refractivity contribution is -0.127. The Morgan fingerprint density at radius 2 is 1.77 bits per heavy atom. The Kier molecular flexibility index (Phi) is 6.44. The van der Waals surface area contributed by atoms with Crippen LogP contribution in [0.1, 0.15) is 11.3 Å². The number of furan rings is 1. The second-order valence-electron chi connectivity index (χ2n) is 7.83. The molecular weight excluding hydrogens is 466 g/mol. The number of amides is 1. The molecule has 3 heterocycles.